The molecule has 1 N–H and O–H groups in total. The Labute approximate surface area is 158 Å². The molecule has 27 heavy (non-hydrogen) atoms. The average Bonchev–Trinajstić information content (AvgIpc) is 2.72. The summed E-state index contributed by atoms with van der Waals surface area (Å²) in [7, 11) is 3.06. The third-order valence-corrected chi connectivity index (χ3v) is 4.11. The molecule has 3 rings (SSSR count). The number of rotatable bonds is 8. The van der Waals surface area contributed by atoms with Crippen molar-refractivity contribution in [2.75, 3.05) is 27.4 Å². The van der Waals surface area contributed by atoms with Crippen LogP contribution < -0.4 is 19.5 Å². The van der Waals surface area contributed by atoms with Gasteiger partial charge in [0.05, 0.1) is 26.4 Å². The number of amides is 1. The van der Waals surface area contributed by atoms with E-state index >= 15 is 0 Å². The second-order valence-corrected chi connectivity index (χ2v) is 5.83. The van der Waals surface area contributed by atoms with Crippen molar-refractivity contribution in [2.45, 2.75) is 6.42 Å². The SMILES string of the molecule is COc1cccc(C(=O)NCCCOc2cccc3cccnc23)c1OC. The molecule has 3 aromatic rings. The fourth-order valence-corrected chi connectivity index (χ4v) is 2.81. The average molecular weight is 366 g/mol. The number of nitrogens with one attached hydrogen (secondary N) is 1. The van der Waals surface area contributed by atoms with E-state index < -0.39 is 0 Å². The van der Waals surface area contributed by atoms with E-state index in [-0.39, 0.29) is 5.91 Å². The molecule has 1 aromatic heterocycles. The predicted molar refractivity (Wildman–Crippen MR) is 104 cm³/mol. The van der Waals surface area contributed by atoms with E-state index in [9.17, 15) is 4.79 Å². The van der Waals surface area contributed by atoms with Crippen LogP contribution in [0.2, 0.25) is 0 Å². The van der Waals surface area contributed by atoms with Gasteiger partial charge in [0.2, 0.25) is 0 Å². The Balaban J connectivity index is 1.53. The lowest BCUT2D eigenvalue weighted by molar-refractivity contribution is 0.0948. The molecule has 0 saturated carbocycles. The minimum Gasteiger partial charge on any atom is -0.493 e. The Morgan fingerprint density at radius 2 is 1.78 bits per heavy atom. The fourth-order valence-electron chi connectivity index (χ4n) is 2.81. The van der Waals surface area contributed by atoms with Crippen molar-refractivity contribution in [3.63, 3.8) is 0 Å². The highest BCUT2D eigenvalue weighted by atomic mass is 16.5. The smallest absolute Gasteiger partial charge is 0.255 e. The predicted octanol–water partition coefficient (Wildman–Crippen LogP) is 3.45. The Bertz CT molecular complexity index is 922. The first-order chi connectivity index (χ1) is 13.2. The van der Waals surface area contributed by atoms with Crippen molar-refractivity contribution in [3.05, 3.63) is 60.3 Å². The summed E-state index contributed by atoms with van der Waals surface area (Å²) in [6.07, 6.45) is 2.41. The zero-order valence-corrected chi connectivity index (χ0v) is 15.4. The van der Waals surface area contributed by atoms with E-state index in [1.54, 1.807) is 31.5 Å². The second-order valence-electron chi connectivity index (χ2n) is 5.83. The van der Waals surface area contributed by atoms with Gasteiger partial charge in [-0.25, -0.2) is 0 Å². The lowest BCUT2D eigenvalue weighted by Gasteiger charge is -2.13. The number of methoxy groups -OCH3 is 2. The van der Waals surface area contributed by atoms with Gasteiger partial charge >= 0.3 is 0 Å². The minimum atomic E-state index is -0.211. The maximum absolute atomic E-state index is 12.4. The van der Waals surface area contributed by atoms with E-state index in [0.29, 0.717) is 36.6 Å². The maximum atomic E-state index is 12.4. The van der Waals surface area contributed by atoms with Crippen LogP contribution in [0, 0.1) is 0 Å². The summed E-state index contributed by atoms with van der Waals surface area (Å²) >= 11 is 0. The van der Waals surface area contributed by atoms with Crippen LogP contribution in [0.4, 0.5) is 0 Å². The molecule has 0 aliphatic carbocycles. The first-order valence-corrected chi connectivity index (χ1v) is 8.70. The first-order valence-electron chi connectivity index (χ1n) is 8.70. The fraction of sp³-hybridized carbons (Fsp3) is 0.238. The normalized spacial score (nSPS) is 10.4. The number of carbonyl (C=O) groups excluding carboxylic acids is 1. The van der Waals surface area contributed by atoms with E-state index in [4.69, 9.17) is 14.2 Å². The van der Waals surface area contributed by atoms with Gasteiger partial charge in [-0.15, -0.1) is 0 Å². The summed E-state index contributed by atoms with van der Waals surface area (Å²) in [6, 6.07) is 14.9. The van der Waals surface area contributed by atoms with Gasteiger partial charge in [-0.05, 0) is 30.7 Å². The van der Waals surface area contributed by atoms with Crippen molar-refractivity contribution in [1.82, 2.24) is 10.3 Å². The summed E-state index contributed by atoms with van der Waals surface area (Å²) < 4.78 is 16.4. The summed E-state index contributed by atoms with van der Waals surface area (Å²) in [6.45, 7) is 0.961. The Morgan fingerprint density at radius 1 is 1.00 bits per heavy atom. The van der Waals surface area contributed by atoms with Gasteiger partial charge in [-0.2, -0.15) is 0 Å². The molecule has 1 heterocycles. The van der Waals surface area contributed by atoms with Crippen LogP contribution in [0.25, 0.3) is 10.9 Å². The third-order valence-electron chi connectivity index (χ3n) is 4.11. The molecule has 2 aromatic carbocycles. The minimum absolute atomic E-state index is 0.211. The standard InChI is InChI=1S/C21H22N2O4/c1-25-18-11-4-9-16(20(18)26-2)21(24)23-13-6-14-27-17-10-3-7-15-8-5-12-22-19(15)17/h3-5,7-12H,6,13-14H2,1-2H3,(H,23,24). The molecular formula is C21H22N2O4. The highest BCUT2D eigenvalue weighted by Crippen LogP contribution is 2.30. The quantitative estimate of drug-likeness (QED) is 0.619. The Morgan fingerprint density at radius 3 is 2.59 bits per heavy atom. The number of fused-ring (bicyclic) bond motifs is 1. The second kappa shape index (κ2) is 8.89. The number of ether oxygens (including phenoxy) is 3. The maximum Gasteiger partial charge on any atom is 0.255 e. The van der Waals surface area contributed by atoms with Crippen LogP contribution in [0.5, 0.6) is 17.2 Å². The van der Waals surface area contributed by atoms with Crippen molar-refractivity contribution in [3.8, 4) is 17.2 Å². The topological polar surface area (TPSA) is 69.7 Å². The first kappa shape index (κ1) is 18.5. The van der Waals surface area contributed by atoms with E-state index in [1.165, 1.54) is 7.11 Å². The molecular weight excluding hydrogens is 344 g/mol. The number of nitrogens with zero attached hydrogens (tertiary/aromatic N) is 1. The van der Waals surface area contributed by atoms with E-state index in [1.807, 2.05) is 30.3 Å². The van der Waals surface area contributed by atoms with Crippen LogP contribution in [-0.4, -0.2) is 38.3 Å². The lowest BCUT2D eigenvalue weighted by Crippen LogP contribution is -2.26. The molecule has 0 fully saturated rings. The largest absolute Gasteiger partial charge is 0.493 e. The van der Waals surface area contributed by atoms with Gasteiger partial charge in [-0.3, -0.25) is 9.78 Å². The van der Waals surface area contributed by atoms with Gasteiger partial charge in [-0.1, -0.05) is 24.3 Å². The number of para-hydroxylation sites is 2. The summed E-state index contributed by atoms with van der Waals surface area (Å²) in [4.78, 5) is 16.8. The summed E-state index contributed by atoms with van der Waals surface area (Å²) in [5.74, 6) is 1.49. The van der Waals surface area contributed by atoms with Gasteiger partial charge in [0.1, 0.15) is 11.3 Å². The number of carbonyl (C=O) groups is 1. The molecule has 0 aliphatic heterocycles. The third kappa shape index (κ3) is 4.28. The number of aromatic nitrogens is 1. The van der Waals surface area contributed by atoms with Gasteiger partial charge in [0.15, 0.2) is 11.5 Å². The molecule has 0 unspecified atom stereocenters. The Kier molecular flexibility index (Phi) is 6.10. The molecule has 0 bridgehead atoms. The van der Waals surface area contributed by atoms with Crippen molar-refractivity contribution >= 4 is 16.8 Å². The lowest BCUT2D eigenvalue weighted by atomic mass is 10.1. The van der Waals surface area contributed by atoms with Crippen LogP contribution >= 0.6 is 0 Å². The zero-order valence-electron chi connectivity index (χ0n) is 15.4. The number of hydrogen-bond donors (Lipinski definition) is 1. The van der Waals surface area contributed by atoms with Gasteiger partial charge in [0, 0.05) is 18.1 Å². The summed E-state index contributed by atoms with van der Waals surface area (Å²) in [5, 5.41) is 3.91. The molecule has 140 valence electrons. The zero-order chi connectivity index (χ0) is 19.1. The number of hydrogen-bond acceptors (Lipinski definition) is 5. The van der Waals surface area contributed by atoms with E-state index in [0.717, 1.165) is 16.7 Å². The molecule has 0 aliphatic rings. The highest BCUT2D eigenvalue weighted by molar-refractivity contribution is 5.97. The molecule has 0 saturated heterocycles. The van der Waals surface area contributed by atoms with Gasteiger partial charge < -0.3 is 19.5 Å². The molecule has 6 nitrogen and oxygen atoms in total. The number of benzene rings is 2. The molecule has 6 heteroatoms. The van der Waals surface area contributed by atoms with E-state index in [2.05, 4.69) is 10.3 Å². The van der Waals surface area contributed by atoms with Gasteiger partial charge in [0.25, 0.3) is 5.91 Å². The Hall–Kier alpha value is -3.28. The van der Waals surface area contributed by atoms with Crippen LogP contribution in [-0.2, 0) is 0 Å². The van der Waals surface area contributed by atoms with Crippen molar-refractivity contribution in [2.24, 2.45) is 0 Å². The van der Waals surface area contributed by atoms with Crippen molar-refractivity contribution in [1.29, 1.82) is 0 Å². The molecule has 0 radical (unpaired) electrons. The molecule has 0 spiro atoms. The monoisotopic (exact) mass is 366 g/mol. The molecule has 1 amide bonds. The van der Waals surface area contributed by atoms with Crippen LogP contribution in [0.15, 0.2) is 54.7 Å². The highest BCUT2D eigenvalue weighted by Gasteiger charge is 2.15. The summed E-state index contributed by atoms with van der Waals surface area (Å²) in [5.41, 5.74) is 1.28. The number of pyridine rings is 1. The van der Waals surface area contributed by atoms with Crippen molar-refractivity contribution < 1.29 is 19.0 Å². The molecule has 0 atom stereocenters. The van der Waals surface area contributed by atoms with Crippen LogP contribution in [0.3, 0.4) is 0 Å². The van der Waals surface area contributed by atoms with Crippen LogP contribution in [0.1, 0.15) is 16.8 Å².